The van der Waals surface area contributed by atoms with E-state index in [9.17, 15) is 0 Å². The number of anilines is 1. The van der Waals surface area contributed by atoms with Crippen LogP contribution in [0.3, 0.4) is 0 Å². The first-order valence-electron chi connectivity index (χ1n) is 4.58. The van der Waals surface area contributed by atoms with Gasteiger partial charge in [-0.1, -0.05) is 6.92 Å². The van der Waals surface area contributed by atoms with E-state index in [1.165, 1.54) is 10.3 Å². The fourth-order valence-electron chi connectivity index (χ4n) is 1.42. The topological polar surface area (TPSA) is 38.9 Å². The first kappa shape index (κ1) is 9.34. The van der Waals surface area contributed by atoms with Crippen molar-refractivity contribution in [2.45, 2.75) is 11.8 Å². The van der Waals surface area contributed by atoms with Crippen LogP contribution < -0.4 is 5.73 Å². The Morgan fingerprint density at radius 2 is 2.21 bits per heavy atom. The number of hydrogen-bond donors (Lipinski definition) is 1. The SMILES string of the molecule is CCSc1ccnc2cc(N)ccc12. The number of nitrogens with two attached hydrogens (primary N) is 1. The largest absolute Gasteiger partial charge is 0.399 e. The lowest BCUT2D eigenvalue weighted by Gasteiger charge is -2.04. The zero-order valence-corrected chi connectivity index (χ0v) is 8.84. The van der Waals surface area contributed by atoms with Gasteiger partial charge in [-0.2, -0.15) is 0 Å². The molecule has 0 aliphatic heterocycles. The monoisotopic (exact) mass is 204 g/mol. The summed E-state index contributed by atoms with van der Waals surface area (Å²) in [7, 11) is 0. The van der Waals surface area contributed by atoms with Crippen molar-refractivity contribution in [1.29, 1.82) is 0 Å². The van der Waals surface area contributed by atoms with Gasteiger partial charge in [-0.15, -0.1) is 11.8 Å². The van der Waals surface area contributed by atoms with Gasteiger partial charge in [0.05, 0.1) is 5.52 Å². The van der Waals surface area contributed by atoms with Gasteiger partial charge in [0.1, 0.15) is 0 Å². The second kappa shape index (κ2) is 3.88. The summed E-state index contributed by atoms with van der Waals surface area (Å²) in [5, 5.41) is 1.19. The van der Waals surface area contributed by atoms with Gasteiger partial charge in [-0.25, -0.2) is 0 Å². The number of aromatic nitrogens is 1. The molecule has 1 aromatic carbocycles. The highest BCUT2D eigenvalue weighted by Crippen LogP contribution is 2.27. The van der Waals surface area contributed by atoms with Crippen molar-refractivity contribution in [1.82, 2.24) is 4.98 Å². The maximum Gasteiger partial charge on any atom is 0.0733 e. The Morgan fingerprint density at radius 3 is 3.00 bits per heavy atom. The van der Waals surface area contributed by atoms with Gasteiger partial charge in [-0.3, -0.25) is 4.98 Å². The van der Waals surface area contributed by atoms with Crippen molar-refractivity contribution >= 4 is 28.4 Å². The van der Waals surface area contributed by atoms with Crippen LogP contribution in [0.5, 0.6) is 0 Å². The molecule has 72 valence electrons. The Balaban J connectivity index is 2.62. The molecule has 3 heteroatoms. The van der Waals surface area contributed by atoms with Gasteiger partial charge in [0, 0.05) is 22.2 Å². The second-order valence-corrected chi connectivity index (χ2v) is 4.32. The number of rotatable bonds is 2. The van der Waals surface area contributed by atoms with Crippen LogP contribution in [-0.4, -0.2) is 10.7 Å². The molecule has 0 unspecified atom stereocenters. The minimum absolute atomic E-state index is 0.767. The Kier molecular flexibility index (Phi) is 2.59. The minimum Gasteiger partial charge on any atom is -0.399 e. The zero-order valence-electron chi connectivity index (χ0n) is 8.03. The summed E-state index contributed by atoms with van der Waals surface area (Å²) >= 11 is 1.83. The van der Waals surface area contributed by atoms with Crippen molar-refractivity contribution in [3.05, 3.63) is 30.5 Å². The van der Waals surface area contributed by atoms with Crippen molar-refractivity contribution in [3.63, 3.8) is 0 Å². The third kappa shape index (κ3) is 1.68. The molecule has 2 nitrogen and oxygen atoms in total. The van der Waals surface area contributed by atoms with Crippen molar-refractivity contribution < 1.29 is 0 Å². The predicted molar refractivity (Wildman–Crippen MR) is 62.6 cm³/mol. The molecule has 0 aliphatic carbocycles. The molecule has 0 spiro atoms. The normalized spacial score (nSPS) is 10.6. The quantitative estimate of drug-likeness (QED) is 0.604. The van der Waals surface area contributed by atoms with E-state index in [2.05, 4.69) is 11.9 Å². The summed E-state index contributed by atoms with van der Waals surface area (Å²) in [5.41, 5.74) is 7.44. The number of nitrogen functional groups attached to an aromatic ring is 1. The van der Waals surface area contributed by atoms with Crippen LogP contribution in [0.1, 0.15) is 6.92 Å². The Labute approximate surface area is 87.5 Å². The van der Waals surface area contributed by atoms with Crippen molar-refractivity contribution in [2.75, 3.05) is 11.5 Å². The highest BCUT2D eigenvalue weighted by atomic mass is 32.2. The summed E-state index contributed by atoms with van der Waals surface area (Å²) in [6.45, 7) is 2.15. The molecule has 2 N–H and O–H groups in total. The molecule has 14 heavy (non-hydrogen) atoms. The molecule has 0 radical (unpaired) electrons. The van der Waals surface area contributed by atoms with E-state index in [-0.39, 0.29) is 0 Å². The maximum absolute atomic E-state index is 5.70. The minimum atomic E-state index is 0.767. The third-order valence-electron chi connectivity index (χ3n) is 2.03. The third-order valence-corrected chi connectivity index (χ3v) is 2.98. The van der Waals surface area contributed by atoms with Crippen molar-refractivity contribution in [2.24, 2.45) is 0 Å². The maximum atomic E-state index is 5.70. The van der Waals surface area contributed by atoms with Gasteiger partial charge < -0.3 is 5.73 Å². The highest BCUT2D eigenvalue weighted by molar-refractivity contribution is 7.99. The van der Waals surface area contributed by atoms with Gasteiger partial charge in [0.15, 0.2) is 0 Å². The molecule has 0 fully saturated rings. The summed E-state index contributed by atoms with van der Waals surface area (Å²) in [4.78, 5) is 5.57. The smallest absolute Gasteiger partial charge is 0.0733 e. The first-order valence-corrected chi connectivity index (χ1v) is 5.57. The van der Waals surface area contributed by atoms with Crippen LogP contribution in [0, 0.1) is 0 Å². The molecule has 1 aromatic heterocycles. The Morgan fingerprint density at radius 1 is 1.36 bits per heavy atom. The van der Waals surface area contributed by atoms with E-state index in [0.717, 1.165) is 17.0 Å². The number of thioether (sulfide) groups is 1. The van der Waals surface area contributed by atoms with E-state index in [4.69, 9.17) is 5.73 Å². The van der Waals surface area contributed by atoms with Gasteiger partial charge >= 0.3 is 0 Å². The molecular formula is C11H12N2S. The summed E-state index contributed by atoms with van der Waals surface area (Å²) in [6.07, 6.45) is 1.83. The average molecular weight is 204 g/mol. The predicted octanol–water partition coefficient (Wildman–Crippen LogP) is 2.93. The van der Waals surface area contributed by atoms with Gasteiger partial charge in [0.25, 0.3) is 0 Å². The molecule has 2 aromatic rings. The lowest BCUT2D eigenvalue weighted by Crippen LogP contribution is -1.87. The van der Waals surface area contributed by atoms with E-state index in [0.29, 0.717) is 0 Å². The summed E-state index contributed by atoms with van der Waals surface area (Å²) < 4.78 is 0. The first-order chi connectivity index (χ1) is 6.81. The molecule has 0 aliphatic rings. The fraction of sp³-hybridized carbons (Fsp3) is 0.182. The van der Waals surface area contributed by atoms with E-state index in [1.54, 1.807) is 0 Å². The van der Waals surface area contributed by atoms with E-state index in [1.807, 2.05) is 42.2 Å². The van der Waals surface area contributed by atoms with Crippen LogP contribution in [-0.2, 0) is 0 Å². The zero-order chi connectivity index (χ0) is 9.97. The molecule has 0 saturated heterocycles. The van der Waals surface area contributed by atoms with Gasteiger partial charge in [-0.05, 0) is 30.0 Å². The molecule has 0 saturated carbocycles. The Bertz CT molecular complexity index is 454. The second-order valence-electron chi connectivity index (χ2n) is 3.02. The number of benzene rings is 1. The number of fused-ring (bicyclic) bond motifs is 1. The van der Waals surface area contributed by atoms with Crippen molar-refractivity contribution in [3.8, 4) is 0 Å². The molecular weight excluding hydrogens is 192 g/mol. The lowest BCUT2D eigenvalue weighted by atomic mass is 10.2. The Hall–Kier alpha value is -1.22. The van der Waals surface area contributed by atoms with Crippen LogP contribution in [0.25, 0.3) is 10.9 Å². The van der Waals surface area contributed by atoms with Crippen LogP contribution in [0.15, 0.2) is 35.4 Å². The van der Waals surface area contributed by atoms with Crippen LogP contribution >= 0.6 is 11.8 Å². The number of hydrogen-bond acceptors (Lipinski definition) is 3. The molecule has 1 heterocycles. The lowest BCUT2D eigenvalue weighted by molar-refractivity contribution is 1.35. The number of nitrogens with zero attached hydrogens (tertiary/aromatic N) is 1. The van der Waals surface area contributed by atoms with E-state index >= 15 is 0 Å². The van der Waals surface area contributed by atoms with Gasteiger partial charge in [0.2, 0.25) is 0 Å². The standard InChI is InChI=1S/C11H12N2S/c1-2-14-11-5-6-13-10-7-8(12)3-4-9(10)11/h3-7H,2,12H2,1H3. The summed E-state index contributed by atoms with van der Waals surface area (Å²) in [5.74, 6) is 1.07. The highest BCUT2D eigenvalue weighted by Gasteiger charge is 2.01. The fourth-order valence-corrected chi connectivity index (χ4v) is 2.22. The average Bonchev–Trinajstić information content (AvgIpc) is 2.18. The summed E-state index contributed by atoms with van der Waals surface area (Å²) in [6, 6.07) is 7.92. The van der Waals surface area contributed by atoms with Crippen LogP contribution in [0.4, 0.5) is 5.69 Å². The molecule has 2 rings (SSSR count). The van der Waals surface area contributed by atoms with Crippen LogP contribution in [0.2, 0.25) is 0 Å². The van der Waals surface area contributed by atoms with E-state index < -0.39 is 0 Å². The molecule has 0 bridgehead atoms. The number of pyridine rings is 1. The molecule has 0 amide bonds. The molecule has 0 atom stereocenters.